The van der Waals surface area contributed by atoms with Gasteiger partial charge in [0.05, 0.1) is 0 Å². The molecule has 1 heterocycles. The zero-order valence-corrected chi connectivity index (χ0v) is 12.3. The Bertz CT molecular complexity index is 232. The van der Waals surface area contributed by atoms with Crippen molar-refractivity contribution in [1.82, 2.24) is 10.6 Å². The number of carbonyl (C=O) groups excluding carboxylic acids is 1. The third-order valence-corrected chi connectivity index (χ3v) is 3.63. The molecule has 2 atom stereocenters. The van der Waals surface area contributed by atoms with E-state index >= 15 is 0 Å². The number of amides is 1. The number of halogens is 1. The normalized spacial score (nSPS) is 22.5. The monoisotopic (exact) mass is 262 g/mol. The molecule has 0 bridgehead atoms. The highest BCUT2D eigenvalue weighted by atomic mass is 35.5. The smallest absolute Gasteiger partial charge is 0.220 e. The largest absolute Gasteiger partial charge is 0.352 e. The first-order valence-electron chi connectivity index (χ1n) is 6.39. The lowest BCUT2D eigenvalue weighted by Crippen LogP contribution is -2.46. The quantitative estimate of drug-likeness (QED) is 0.820. The van der Waals surface area contributed by atoms with E-state index in [-0.39, 0.29) is 23.7 Å². The maximum absolute atomic E-state index is 11.8. The van der Waals surface area contributed by atoms with E-state index in [1.165, 1.54) is 6.42 Å². The molecular formula is C13H27ClN2O. The van der Waals surface area contributed by atoms with Crippen molar-refractivity contribution in [1.29, 1.82) is 0 Å². The molecule has 1 rings (SSSR count). The molecule has 1 unspecified atom stereocenters. The van der Waals surface area contributed by atoms with Crippen LogP contribution >= 0.6 is 12.4 Å². The van der Waals surface area contributed by atoms with Gasteiger partial charge in [-0.15, -0.1) is 12.4 Å². The van der Waals surface area contributed by atoms with E-state index in [1.807, 2.05) is 0 Å². The van der Waals surface area contributed by atoms with Crippen LogP contribution in [0.4, 0.5) is 0 Å². The van der Waals surface area contributed by atoms with Gasteiger partial charge < -0.3 is 10.6 Å². The van der Waals surface area contributed by atoms with Gasteiger partial charge in [-0.05, 0) is 30.7 Å². The molecule has 2 N–H and O–H groups in total. The summed E-state index contributed by atoms with van der Waals surface area (Å²) in [5.41, 5.74) is 0.210. The number of hydrogen-bond donors (Lipinski definition) is 2. The molecule has 0 aromatic carbocycles. The van der Waals surface area contributed by atoms with Crippen molar-refractivity contribution in [3.63, 3.8) is 0 Å². The van der Waals surface area contributed by atoms with E-state index in [9.17, 15) is 4.79 Å². The Morgan fingerprint density at radius 2 is 2.12 bits per heavy atom. The molecule has 0 aromatic heterocycles. The zero-order chi connectivity index (χ0) is 12.2. The molecule has 1 amide bonds. The maximum Gasteiger partial charge on any atom is 0.220 e. The number of nitrogens with one attached hydrogen (secondary N) is 2. The molecule has 0 saturated carbocycles. The number of hydrogen-bond acceptors (Lipinski definition) is 2. The van der Waals surface area contributed by atoms with Gasteiger partial charge in [0.25, 0.3) is 0 Å². The Morgan fingerprint density at radius 3 is 2.59 bits per heavy atom. The SMILES string of the molecule is CC(CC(=O)N[C@H]1CCCNC1)C(C)(C)C.Cl. The fraction of sp³-hybridized carbons (Fsp3) is 0.923. The third-order valence-electron chi connectivity index (χ3n) is 3.63. The van der Waals surface area contributed by atoms with Gasteiger partial charge in [-0.2, -0.15) is 0 Å². The van der Waals surface area contributed by atoms with E-state index in [0.717, 1.165) is 19.5 Å². The molecule has 17 heavy (non-hydrogen) atoms. The van der Waals surface area contributed by atoms with Gasteiger partial charge in [0.1, 0.15) is 0 Å². The summed E-state index contributed by atoms with van der Waals surface area (Å²) in [5, 5.41) is 6.43. The van der Waals surface area contributed by atoms with Gasteiger partial charge >= 0.3 is 0 Å². The van der Waals surface area contributed by atoms with Crippen molar-refractivity contribution in [3.05, 3.63) is 0 Å². The van der Waals surface area contributed by atoms with Gasteiger partial charge in [-0.25, -0.2) is 0 Å². The molecule has 102 valence electrons. The molecule has 1 aliphatic rings. The highest BCUT2D eigenvalue weighted by Gasteiger charge is 2.23. The summed E-state index contributed by atoms with van der Waals surface area (Å²) < 4.78 is 0. The standard InChI is InChI=1S/C13H26N2O.ClH/c1-10(13(2,3)4)8-12(16)15-11-6-5-7-14-9-11;/h10-11,14H,5-9H2,1-4H3,(H,15,16);1H/t10?,11-;/m0./s1. The lowest BCUT2D eigenvalue weighted by Gasteiger charge is -2.28. The second-order valence-electron chi connectivity index (χ2n) is 6.08. The lowest BCUT2D eigenvalue weighted by molar-refractivity contribution is -0.123. The van der Waals surface area contributed by atoms with Gasteiger partial charge in [-0.1, -0.05) is 27.7 Å². The number of carbonyl (C=O) groups is 1. The van der Waals surface area contributed by atoms with Crippen LogP contribution in [0.5, 0.6) is 0 Å². The van der Waals surface area contributed by atoms with Crippen LogP contribution in [0, 0.1) is 11.3 Å². The van der Waals surface area contributed by atoms with Gasteiger partial charge in [0.15, 0.2) is 0 Å². The maximum atomic E-state index is 11.8. The average molecular weight is 263 g/mol. The predicted molar refractivity (Wildman–Crippen MR) is 74.5 cm³/mol. The summed E-state index contributed by atoms with van der Waals surface area (Å²) >= 11 is 0. The summed E-state index contributed by atoms with van der Waals surface area (Å²) in [6.45, 7) is 10.7. The summed E-state index contributed by atoms with van der Waals surface area (Å²) in [5.74, 6) is 0.625. The summed E-state index contributed by atoms with van der Waals surface area (Å²) in [6, 6.07) is 0.341. The Hall–Kier alpha value is -0.280. The van der Waals surface area contributed by atoms with Crippen LogP contribution in [0.3, 0.4) is 0 Å². The molecule has 0 spiro atoms. The Labute approximate surface area is 112 Å². The number of piperidine rings is 1. The van der Waals surface area contributed by atoms with Crippen LogP contribution < -0.4 is 10.6 Å². The van der Waals surface area contributed by atoms with Crippen LogP contribution in [0.2, 0.25) is 0 Å². The van der Waals surface area contributed by atoms with Crippen LogP contribution in [-0.4, -0.2) is 25.0 Å². The van der Waals surface area contributed by atoms with Crippen molar-refractivity contribution >= 4 is 18.3 Å². The fourth-order valence-electron chi connectivity index (χ4n) is 1.85. The first-order valence-corrected chi connectivity index (χ1v) is 6.39. The first-order chi connectivity index (χ1) is 7.39. The van der Waals surface area contributed by atoms with E-state index in [1.54, 1.807) is 0 Å². The average Bonchev–Trinajstić information content (AvgIpc) is 2.17. The Kier molecular flexibility index (Phi) is 7.10. The van der Waals surface area contributed by atoms with Crippen molar-refractivity contribution in [3.8, 4) is 0 Å². The molecule has 1 fully saturated rings. The molecular weight excluding hydrogens is 236 g/mol. The van der Waals surface area contributed by atoms with E-state index in [0.29, 0.717) is 18.4 Å². The van der Waals surface area contributed by atoms with Gasteiger partial charge in [0, 0.05) is 19.0 Å². The Morgan fingerprint density at radius 1 is 1.47 bits per heavy atom. The molecule has 0 aromatic rings. The van der Waals surface area contributed by atoms with Crippen LogP contribution in [0.15, 0.2) is 0 Å². The lowest BCUT2D eigenvalue weighted by atomic mass is 9.80. The Balaban J connectivity index is 0.00000256. The van der Waals surface area contributed by atoms with Crippen LogP contribution in [0.1, 0.15) is 47.0 Å². The number of rotatable bonds is 3. The minimum absolute atomic E-state index is 0. The van der Waals surface area contributed by atoms with E-state index < -0.39 is 0 Å². The predicted octanol–water partition coefficient (Wildman–Crippen LogP) is 2.35. The summed E-state index contributed by atoms with van der Waals surface area (Å²) in [7, 11) is 0. The topological polar surface area (TPSA) is 41.1 Å². The molecule has 0 aliphatic carbocycles. The minimum Gasteiger partial charge on any atom is -0.352 e. The van der Waals surface area contributed by atoms with Crippen molar-refractivity contribution in [2.45, 2.75) is 53.0 Å². The summed E-state index contributed by atoms with van der Waals surface area (Å²) in [6.07, 6.45) is 2.92. The molecule has 1 saturated heterocycles. The highest BCUT2D eigenvalue weighted by molar-refractivity contribution is 5.85. The van der Waals surface area contributed by atoms with Crippen molar-refractivity contribution in [2.24, 2.45) is 11.3 Å². The van der Waals surface area contributed by atoms with Crippen LogP contribution in [-0.2, 0) is 4.79 Å². The summed E-state index contributed by atoms with van der Waals surface area (Å²) in [4.78, 5) is 11.8. The third kappa shape index (κ3) is 6.27. The van der Waals surface area contributed by atoms with E-state index in [4.69, 9.17) is 0 Å². The van der Waals surface area contributed by atoms with Gasteiger partial charge in [0.2, 0.25) is 5.91 Å². The second-order valence-corrected chi connectivity index (χ2v) is 6.08. The molecule has 0 radical (unpaired) electrons. The van der Waals surface area contributed by atoms with Crippen molar-refractivity contribution < 1.29 is 4.79 Å². The zero-order valence-electron chi connectivity index (χ0n) is 11.5. The highest BCUT2D eigenvalue weighted by Crippen LogP contribution is 2.27. The van der Waals surface area contributed by atoms with E-state index in [2.05, 4.69) is 38.3 Å². The van der Waals surface area contributed by atoms with Gasteiger partial charge in [-0.3, -0.25) is 4.79 Å². The first kappa shape index (κ1) is 16.7. The second kappa shape index (κ2) is 7.22. The van der Waals surface area contributed by atoms with Crippen LogP contribution in [0.25, 0.3) is 0 Å². The molecule has 1 aliphatic heterocycles. The van der Waals surface area contributed by atoms with Crippen molar-refractivity contribution in [2.75, 3.05) is 13.1 Å². The molecule has 4 heteroatoms. The fourth-order valence-corrected chi connectivity index (χ4v) is 1.85. The minimum atomic E-state index is 0. The molecule has 3 nitrogen and oxygen atoms in total.